The van der Waals surface area contributed by atoms with E-state index in [0.717, 1.165) is 22.5 Å². The number of carbonyl (C=O) groups is 1. The lowest BCUT2D eigenvalue weighted by molar-refractivity contribution is 0.262. The molecule has 122 valence electrons. The molecule has 0 saturated carbocycles. The van der Waals surface area contributed by atoms with E-state index in [0.29, 0.717) is 6.54 Å². The van der Waals surface area contributed by atoms with E-state index >= 15 is 0 Å². The minimum absolute atomic E-state index is 0.262. The highest BCUT2D eigenvalue weighted by molar-refractivity contribution is 5.99. The van der Waals surface area contributed by atoms with Gasteiger partial charge < -0.3 is 10.6 Å². The molecule has 0 spiro atoms. The monoisotopic (exact) mass is 321 g/mol. The number of rotatable bonds is 4. The number of urea groups is 1. The van der Waals surface area contributed by atoms with E-state index in [1.54, 1.807) is 11.0 Å². The zero-order chi connectivity index (χ0) is 16.9. The molecule has 0 bridgehead atoms. The fraction of sp³-hybridized carbons (Fsp3) is 0.167. The van der Waals surface area contributed by atoms with Crippen molar-refractivity contribution >= 4 is 17.4 Å². The van der Waals surface area contributed by atoms with Crippen LogP contribution in [0.1, 0.15) is 16.7 Å². The van der Waals surface area contributed by atoms with Crippen molar-refractivity contribution in [2.24, 2.45) is 0 Å². The Labute approximate surface area is 140 Å². The van der Waals surface area contributed by atoms with Gasteiger partial charge in [0.05, 0.1) is 6.54 Å². The molecule has 0 fully saturated rings. The molecule has 2 amide bonds. The first-order valence-corrected chi connectivity index (χ1v) is 7.67. The SMILES string of the molecule is Cc1ccc(NC(=O)Nc2ccc(Cn3cncn3)cc2)cc1C. The Bertz CT molecular complexity index is 825. The van der Waals surface area contributed by atoms with Crippen molar-refractivity contribution in [3.8, 4) is 0 Å². The summed E-state index contributed by atoms with van der Waals surface area (Å²) in [6, 6.07) is 13.2. The lowest BCUT2D eigenvalue weighted by Crippen LogP contribution is -2.19. The van der Waals surface area contributed by atoms with Gasteiger partial charge >= 0.3 is 6.03 Å². The van der Waals surface area contributed by atoms with Crippen molar-refractivity contribution in [2.45, 2.75) is 20.4 Å². The first kappa shape index (κ1) is 15.7. The van der Waals surface area contributed by atoms with Crippen molar-refractivity contribution in [1.82, 2.24) is 14.8 Å². The summed E-state index contributed by atoms with van der Waals surface area (Å²) < 4.78 is 1.74. The Hall–Kier alpha value is -3.15. The molecule has 1 heterocycles. The lowest BCUT2D eigenvalue weighted by atomic mass is 10.1. The Balaban J connectivity index is 1.58. The molecule has 0 radical (unpaired) electrons. The summed E-state index contributed by atoms with van der Waals surface area (Å²) >= 11 is 0. The molecule has 6 nitrogen and oxygen atoms in total. The quantitative estimate of drug-likeness (QED) is 0.771. The summed E-state index contributed by atoms with van der Waals surface area (Å²) in [5.74, 6) is 0. The van der Waals surface area contributed by atoms with E-state index < -0.39 is 0 Å². The molecule has 0 aliphatic rings. The van der Waals surface area contributed by atoms with Crippen molar-refractivity contribution in [1.29, 1.82) is 0 Å². The van der Waals surface area contributed by atoms with Gasteiger partial charge in [-0.2, -0.15) is 5.10 Å². The van der Waals surface area contributed by atoms with Crippen LogP contribution in [0.5, 0.6) is 0 Å². The van der Waals surface area contributed by atoms with E-state index in [2.05, 4.69) is 20.7 Å². The van der Waals surface area contributed by atoms with E-state index in [1.807, 2.05) is 56.3 Å². The van der Waals surface area contributed by atoms with Crippen LogP contribution in [0, 0.1) is 13.8 Å². The third-order valence-corrected chi connectivity index (χ3v) is 3.79. The van der Waals surface area contributed by atoms with Gasteiger partial charge in [-0.1, -0.05) is 18.2 Å². The van der Waals surface area contributed by atoms with E-state index in [9.17, 15) is 4.79 Å². The Morgan fingerprint density at radius 3 is 2.38 bits per heavy atom. The summed E-state index contributed by atoms with van der Waals surface area (Å²) in [5, 5.41) is 9.73. The van der Waals surface area contributed by atoms with E-state index in [4.69, 9.17) is 0 Å². The van der Waals surface area contributed by atoms with Gasteiger partial charge in [0.1, 0.15) is 12.7 Å². The van der Waals surface area contributed by atoms with Crippen LogP contribution in [0.2, 0.25) is 0 Å². The zero-order valence-electron chi connectivity index (χ0n) is 13.7. The molecular weight excluding hydrogens is 302 g/mol. The number of nitrogens with zero attached hydrogens (tertiary/aromatic N) is 3. The second-order valence-electron chi connectivity index (χ2n) is 5.67. The Kier molecular flexibility index (Phi) is 4.56. The van der Waals surface area contributed by atoms with Crippen LogP contribution < -0.4 is 10.6 Å². The minimum atomic E-state index is -0.262. The normalized spacial score (nSPS) is 10.4. The number of aromatic nitrogens is 3. The molecule has 24 heavy (non-hydrogen) atoms. The smallest absolute Gasteiger partial charge is 0.308 e. The molecule has 0 aliphatic heterocycles. The van der Waals surface area contributed by atoms with Gasteiger partial charge in [0.2, 0.25) is 0 Å². The summed E-state index contributed by atoms with van der Waals surface area (Å²) in [6.07, 6.45) is 3.18. The number of aryl methyl sites for hydroxylation is 2. The van der Waals surface area contributed by atoms with Crippen LogP contribution in [0.25, 0.3) is 0 Å². The van der Waals surface area contributed by atoms with Crippen LogP contribution >= 0.6 is 0 Å². The van der Waals surface area contributed by atoms with Gasteiger partial charge in [-0.05, 0) is 54.8 Å². The zero-order valence-corrected chi connectivity index (χ0v) is 13.7. The summed E-state index contributed by atoms with van der Waals surface area (Å²) in [4.78, 5) is 16.0. The predicted molar refractivity (Wildman–Crippen MR) is 94.1 cm³/mol. The fourth-order valence-corrected chi connectivity index (χ4v) is 2.31. The summed E-state index contributed by atoms with van der Waals surface area (Å²) in [7, 11) is 0. The molecule has 2 N–H and O–H groups in total. The Morgan fingerprint density at radius 2 is 1.71 bits per heavy atom. The number of nitrogens with one attached hydrogen (secondary N) is 2. The van der Waals surface area contributed by atoms with Crippen LogP contribution in [0.3, 0.4) is 0 Å². The van der Waals surface area contributed by atoms with Crippen LogP contribution in [-0.4, -0.2) is 20.8 Å². The minimum Gasteiger partial charge on any atom is -0.308 e. The molecule has 2 aromatic carbocycles. The first-order chi connectivity index (χ1) is 11.6. The molecule has 0 saturated heterocycles. The first-order valence-electron chi connectivity index (χ1n) is 7.67. The molecular formula is C18H19N5O. The number of amides is 2. The lowest BCUT2D eigenvalue weighted by Gasteiger charge is -2.10. The largest absolute Gasteiger partial charge is 0.323 e. The molecule has 0 aliphatic carbocycles. The van der Waals surface area contributed by atoms with Crippen LogP contribution in [0.4, 0.5) is 16.2 Å². The predicted octanol–water partition coefficient (Wildman–Crippen LogP) is 3.59. The standard InChI is InChI=1S/C18H19N5O/c1-13-3-6-17(9-14(13)2)22-18(24)21-16-7-4-15(5-8-16)10-23-12-19-11-20-23/h3-9,11-12H,10H2,1-2H3,(H2,21,22,24). The topological polar surface area (TPSA) is 71.8 Å². The van der Waals surface area contributed by atoms with Gasteiger partial charge in [-0.3, -0.25) is 0 Å². The van der Waals surface area contributed by atoms with E-state index in [-0.39, 0.29) is 6.03 Å². The number of hydrogen-bond acceptors (Lipinski definition) is 3. The second kappa shape index (κ2) is 6.95. The highest BCUT2D eigenvalue weighted by atomic mass is 16.2. The second-order valence-corrected chi connectivity index (χ2v) is 5.67. The van der Waals surface area contributed by atoms with Gasteiger partial charge in [-0.25, -0.2) is 14.5 Å². The number of anilines is 2. The number of carbonyl (C=O) groups excluding carboxylic acids is 1. The molecule has 0 atom stereocenters. The number of benzene rings is 2. The average molecular weight is 321 g/mol. The average Bonchev–Trinajstić information content (AvgIpc) is 3.06. The highest BCUT2D eigenvalue weighted by Crippen LogP contribution is 2.15. The van der Waals surface area contributed by atoms with Crippen LogP contribution in [0.15, 0.2) is 55.1 Å². The van der Waals surface area contributed by atoms with E-state index in [1.165, 1.54) is 11.9 Å². The maximum absolute atomic E-state index is 12.1. The Morgan fingerprint density at radius 1 is 1.00 bits per heavy atom. The maximum atomic E-state index is 12.1. The molecule has 1 aromatic heterocycles. The van der Waals surface area contributed by atoms with Crippen molar-refractivity contribution in [3.05, 3.63) is 71.8 Å². The van der Waals surface area contributed by atoms with Gasteiger partial charge in [0.25, 0.3) is 0 Å². The van der Waals surface area contributed by atoms with Gasteiger partial charge in [-0.15, -0.1) is 0 Å². The van der Waals surface area contributed by atoms with Crippen molar-refractivity contribution in [2.75, 3.05) is 10.6 Å². The maximum Gasteiger partial charge on any atom is 0.323 e. The van der Waals surface area contributed by atoms with Crippen LogP contribution in [-0.2, 0) is 6.54 Å². The third kappa shape index (κ3) is 3.98. The summed E-state index contributed by atoms with van der Waals surface area (Å²) in [5.41, 5.74) is 4.94. The molecule has 0 unspecified atom stereocenters. The molecule has 6 heteroatoms. The van der Waals surface area contributed by atoms with Crippen molar-refractivity contribution in [3.63, 3.8) is 0 Å². The molecule has 3 aromatic rings. The highest BCUT2D eigenvalue weighted by Gasteiger charge is 2.04. The van der Waals surface area contributed by atoms with Gasteiger partial charge in [0.15, 0.2) is 0 Å². The van der Waals surface area contributed by atoms with Gasteiger partial charge in [0, 0.05) is 11.4 Å². The summed E-state index contributed by atoms with van der Waals surface area (Å²) in [6.45, 7) is 4.71. The fourth-order valence-electron chi connectivity index (χ4n) is 2.31. The molecule has 3 rings (SSSR count). The number of hydrogen-bond donors (Lipinski definition) is 2. The van der Waals surface area contributed by atoms with Crippen molar-refractivity contribution < 1.29 is 4.79 Å². The third-order valence-electron chi connectivity index (χ3n) is 3.79.